The van der Waals surface area contributed by atoms with Gasteiger partial charge in [0.1, 0.15) is 0 Å². The second-order valence-corrected chi connectivity index (χ2v) is 5.74. The Balaban J connectivity index is 1.85. The van der Waals surface area contributed by atoms with E-state index in [-0.39, 0.29) is 5.91 Å². The molecule has 25 heavy (non-hydrogen) atoms. The summed E-state index contributed by atoms with van der Waals surface area (Å²) in [6.07, 6.45) is 1.76. The van der Waals surface area contributed by atoms with Gasteiger partial charge in [0.25, 0.3) is 5.91 Å². The van der Waals surface area contributed by atoms with E-state index in [1.54, 1.807) is 18.3 Å². The first kappa shape index (κ1) is 15.1. The molecule has 0 atom stereocenters. The van der Waals surface area contributed by atoms with Crippen molar-refractivity contribution in [1.82, 2.24) is 4.98 Å². The first-order valence-corrected chi connectivity index (χ1v) is 8.12. The summed E-state index contributed by atoms with van der Waals surface area (Å²) in [6.45, 7) is 0. The number of hydrogen-bond donors (Lipinski definition) is 1. The van der Waals surface area contributed by atoms with Crippen molar-refractivity contribution in [2.45, 2.75) is 0 Å². The Labute approximate surface area is 146 Å². The van der Waals surface area contributed by atoms with Crippen LogP contribution in [0.3, 0.4) is 0 Å². The van der Waals surface area contributed by atoms with E-state index in [2.05, 4.69) is 22.4 Å². The Bertz CT molecular complexity index is 1030. The van der Waals surface area contributed by atoms with Gasteiger partial charge in [0, 0.05) is 17.3 Å². The molecule has 3 nitrogen and oxygen atoms in total. The van der Waals surface area contributed by atoms with E-state index in [0.29, 0.717) is 5.56 Å². The van der Waals surface area contributed by atoms with Gasteiger partial charge in [-0.3, -0.25) is 9.78 Å². The summed E-state index contributed by atoms with van der Waals surface area (Å²) < 4.78 is 0. The van der Waals surface area contributed by atoms with Crippen LogP contribution in [0, 0.1) is 0 Å². The summed E-state index contributed by atoms with van der Waals surface area (Å²) in [5.74, 6) is -0.131. The lowest BCUT2D eigenvalue weighted by molar-refractivity contribution is 0.102. The van der Waals surface area contributed by atoms with Crippen molar-refractivity contribution in [3.8, 4) is 11.3 Å². The van der Waals surface area contributed by atoms with Crippen molar-refractivity contribution in [1.29, 1.82) is 0 Å². The smallest absolute Gasteiger partial charge is 0.255 e. The average molecular weight is 324 g/mol. The molecule has 0 aliphatic rings. The van der Waals surface area contributed by atoms with E-state index in [9.17, 15) is 4.79 Å². The van der Waals surface area contributed by atoms with E-state index in [4.69, 9.17) is 0 Å². The Morgan fingerprint density at radius 2 is 1.52 bits per heavy atom. The van der Waals surface area contributed by atoms with Crippen molar-refractivity contribution < 1.29 is 4.79 Å². The second-order valence-electron chi connectivity index (χ2n) is 5.74. The summed E-state index contributed by atoms with van der Waals surface area (Å²) in [5, 5.41) is 5.21. The Morgan fingerprint density at radius 3 is 2.32 bits per heavy atom. The molecular weight excluding hydrogens is 308 g/mol. The lowest BCUT2D eigenvalue weighted by atomic mass is 9.99. The molecule has 3 heteroatoms. The molecule has 3 aromatic carbocycles. The Hall–Kier alpha value is -3.46. The van der Waals surface area contributed by atoms with E-state index >= 15 is 0 Å². The molecule has 0 radical (unpaired) electrons. The topological polar surface area (TPSA) is 42.0 Å². The van der Waals surface area contributed by atoms with Gasteiger partial charge in [-0.1, -0.05) is 54.6 Å². The minimum absolute atomic E-state index is 0.131. The van der Waals surface area contributed by atoms with Crippen LogP contribution >= 0.6 is 0 Å². The molecule has 0 saturated carbocycles. The number of fused-ring (bicyclic) bond motifs is 1. The fraction of sp³-hybridized carbons (Fsp3) is 0. The number of nitrogens with zero attached hydrogens (tertiary/aromatic N) is 1. The van der Waals surface area contributed by atoms with E-state index in [1.807, 2.05) is 60.7 Å². The van der Waals surface area contributed by atoms with Crippen LogP contribution in [0.25, 0.3) is 22.0 Å². The highest BCUT2D eigenvalue weighted by atomic mass is 16.1. The highest BCUT2D eigenvalue weighted by molar-refractivity contribution is 6.10. The third-order valence-electron chi connectivity index (χ3n) is 4.13. The van der Waals surface area contributed by atoms with Gasteiger partial charge >= 0.3 is 0 Å². The minimum atomic E-state index is -0.131. The summed E-state index contributed by atoms with van der Waals surface area (Å²) in [6, 6.07) is 27.1. The molecule has 1 amide bonds. The van der Waals surface area contributed by atoms with Crippen LogP contribution in [0.2, 0.25) is 0 Å². The third-order valence-corrected chi connectivity index (χ3v) is 4.13. The molecule has 4 aromatic rings. The zero-order valence-electron chi connectivity index (χ0n) is 13.5. The second kappa shape index (κ2) is 6.57. The van der Waals surface area contributed by atoms with Gasteiger partial charge in [0.2, 0.25) is 0 Å². The molecule has 0 unspecified atom stereocenters. The molecule has 0 aliphatic carbocycles. The maximum absolute atomic E-state index is 12.6. The number of hydrogen-bond acceptors (Lipinski definition) is 2. The van der Waals surface area contributed by atoms with Crippen molar-refractivity contribution in [3.63, 3.8) is 0 Å². The highest BCUT2D eigenvalue weighted by Gasteiger charge is 2.14. The summed E-state index contributed by atoms with van der Waals surface area (Å²) in [4.78, 5) is 17.1. The van der Waals surface area contributed by atoms with Gasteiger partial charge in [-0.15, -0.1) is 0 Å². The van der Waals surface area contributed by atoms with E-state index in [1.165, 1.54) is 0 Å². The van der Waals surface area contributed by atoms with Crippen LogP contribution in [0.15, 0.2) is 91.1 Å². The van der Waals surface area contributed by atoms with E-state index < -0.39 is 0 Å². The molecule has 1 N–H and O–H groups in total. The van der Waals surface area contributed by atoms with Crippen molar-refractivity contribution >= 4 is 22.4 Å². The van der Waals surface area contributed by atoms with Crippen LogP contribution in [0.4, 0.5) is 5.69 Å². The third kappa shape index (κ3) is 3.00. The lowest BCUT2D eigenvalue weighted by Crippen LogP contribution is -2.12. The maximum atomic E-state index is 12.6. The summed E-state index contributed by atoms with van der Waals surface area (Å²) >= 11 is 0. The number of nitrogens with one attached hydrogen (secondary N) is 1. The zero-order chi connectivity index (χ0) is 17.1. The number of carbonyl (C=O) groups excluding carboxylic acids is 1. The van der Waals surface area contributed by atoms with Crippen molar-refractivity contribution in [2.75, 3.05) is 5.32 Å². The molecule has 0 spiro atoms. The monoisotopic (exact) mass is 324 g/mol. The van der Waals surface area contributed by atoms with Gasteiger partial charge in [-0.2, -0.15) is 0 Å². The van der Waals surface area contributed by atoms with Gasteiger partial charge in [0.05, 0.1) is 11.4 Å². The number of amides is 1. The summed E-state index contributed by atoms with van der Waals surface area (Å²) in [7, 11) is 0. The van der Waals surface area contributed by atoms with Crippen LogP contribution < -0.4 is 5.32 Å². The number of rotatable bonds is 3. The molecule has 0 aliphatic heterocycles. The van der Waals surface area contributed by atoms with Gasteiger partial charge in [0.15, 0.2) is 0 Å². The number of benzene rings is 3. The van der Waals surface area contributed by atoms with Crippen LogP contribution in [-0.4, -0.2) is 10.9 Å². The number of anilines is 1. The average Bonchev–Trinajstić information content (AvgIpc) is 2.69. The van der Waals surface area contributed by atoms with Gasteiger partial charge in [-0.05, 0) is 41.1 Å². The molecule has 0 saturated heterocycles. The summed E-state index contributed by atoms with van der Waals surface area (Å²) in [5.41, 5.74) is 3.15. The van der Waals surface area contributed by atoms with Crippen LogP contribution in [0.1, 0.15) is 10.4 Å². The Morgan fingerprint density at radius 1 is 0.760 bits per heavy atom. The number of aromatic nitrogens is 1. The number of carbonyl (C=O) groups is 1. The highest BCUT2D eigenvalue weighted by Crippen LogP contribution is 2.34. The van der Waals surface area contributed by atoms with Crippen LogP contribution in [0.5, 0.6) is 0 Å². The first-order valence-electron chi connectivity index (χ1n) is 8.12. The zero-order valence-corrected chi connectivity index (χ0v) is 13.5. The normalized spacial score (nSPS) is 10.6. The SMILES string of the molecule is O=C(Nc1ccc2ccccc2c1-c1ccccn1)c1ccccc1. The molecule has 1 heterocycles. The molecule has 0 fully saturated rings. The fourth-order valence-corrected chi connectivity index (χ4v) is 2.95. The van der Waals surface area contributed by atoms with E-state index in [0.717, 1.165) is 27.7 Å². The van der Waals surface area contributed by atoms with Crippen LogP contribution in [-0.2, 0) is 0 Å². The van der Waals surface area contributed by atoms with Crippen molar-refractivity contribution in [2.24, 2.45) is 0 Å². The quantitative estimate of drug-likeness (QED) is 0.566. The van der Waals surface area contributed by atoms with Crippen molar-refractivity contribution in [3.05, 3.63) is 96.7 Å². The largest absolute Gasteiger partial charge is 0.321 e. The Kier molecular flexibility index (Phi) is 3.97. The molecule has 4 rings (SSSR count). The standard InChI is InChI=1S/C22H16N2O/c25-22(17-9-2-1-3-10-17)24-20-14-13-16-8-4-5-11-18(16)21(20)19-12-6-7-15-23-19/h1-15H,(H,24,25). The molecule has 1 aromatic heterocycles. The molecule has 120 valence electrons. The lowest BCUT2D eigenvalue weighted by Gasteiger charge is -2.14. The maximum Gasteiger partial charge on any atom is 0.255 e. The predicted octanol–water partition coefficient (Wildman–Crippen LogP) is 5.15. The minimum Gasteiger partial charge on any atom is -0.321 e. The fourth-order valence-electron chi connectivity index (χ4n) is 2.95. The molecule has 0 bridgehead atoms. The molecular formula is C22H16N2O. The predicted molar refractivity (Wildman–Crippen MR) is 102 cm³/mol. The van der Waals surface area contributed by atoms with Gasteiger partial charge in [-0.25, -0.2) is 0 Å². The number of pyridine rings is 1. The van der Waals surface area contributed by atoms with Gasteiger partial charge < -0.3 is 5.32 Å². The first-order chi connectivity index (χ1) is 12.3.